The lowest BCUT2D eigenvalue weighted by atomic mass is 10.1. The number of hydrogen-bond donors (Lipinski definition) is 1. The zero-order valence-electron chi connectivity index (χ0n) is 9.34. The van der Waals surface area contributed by atoms with Gasteiger partial charge >= 0.3 is 0 Å². The molecule has 2 unspecified atom stereocenters. The first-order valence-electron chi connectivity index (χ1n) is 5.75. The van der Waals surface area contributed by atoms with Crippen molar-refractivity contribution in [3.8, 4) is 0 Å². The van der Waals surface area contributed by atoms with E-state index in [1.807, 2.05) is 30.3 Å². The zero-order valence-corrected chi connectivity index (χ0v) is 9.34. The highest BCUT2D eigenvalue weighted by Gasteiger charge is 2.16. The molecule has 1 aromatic rings. The van der Waals surface area contributed by atoms with Crippen molar-refractivity contribution in [1.82, 2.24) is 0 Å². The van der Waals surface area contributed by atoms with E-state index in [1.165, 1.54) is 0 Å². The van der Waals surface area contributed by atoms with Crippen molar-refractivity contribution in [3.63, 3.8) is 0 Å². The van der Waals surface area contributed by atoms with Gasteiger partial charge in [0, 0.05) is 12.5 Å². The highest BCUT2D eigenvalue weighted by molar-refractivity contribution is 5.17. The van der Waals surface area contributed by atoms with Crippen molar-refractivity contribution >= 4 is 0 Å². The van der Waals surface area contributed by atoms with E-state index >= 15 is 0 Å². The van der Waals surface area contributed by atoms with E-state index in [-0.39, 0.29) is 0 Å². The van der Waals surface area contributed by atoms with Crippen molar-refractivity contribution in [2.45, 2.75) is 12.5 Å². The van der Waals surface area contributed by atoms with E-state index in [0.29, 0.717) is 19.1 Å². The van der Waals surface area contributed by atoms with Crippen molar-refractivity contribution in [2.75, 3.05) is 26.4 Å². The van der Waals surface area contributed by atoms with Crippen LogP contribution in [0.1, 0.15) is 18.1 Å². The summed E-state index contributed by atoms with van der Waals surface area (Å²) in [6.07, 6.45) is 0.546. The molecule has 3 nitrogen and oxygen atoms in total. The minimum absolute atomic E-state index is 0.362. The summed E-state index contributed by atoms with van der Waals surface area (Å²) < 4.78 is 10.8. The fourth-order valence-electron chi connectivity index (χ4n) is 1.83. The average molecular weight is 222 g/mol. The predicted molar refractivity (Wildman–Crippen MR) is 61.1 cm³/mol. The molecule has 0 saturated carbocycles. The molecule has 1 aromatic carbocycles. The van der Waals surface area contributed by atoms with Gasteiger partial charge in [-0.05, 0) is 12.0 Å². The molecule has 1 saturated heterocycles. The lowest BCUT2D eigenvalue weighted by Crippen LogP contribution is -2.14. The molecule has 1 N–H and O–H groups in total. The van der Waals surface area contributed by atoms with Gasteiger partial charge in [-0.15, -0.1) is 0 Å². The summed E-state index contributed by atoms with van der Waals surface area (Å²) in [5, 5.41) is 9.84. The molecule has 0 radical (unpaired) electrons. The number of aliphatic hydroxyl groups excluding tert-OH is 1. The van der Waals surface area contributed by atoms with Gasteiger partial charge in [-0.25, -0.2) is 0 Å². The third kappa shape index (κ3) is 3.30. The molecule has 16 heavy (non-hydrogen) atoms. The van der Waals surface area contributed by atoms with Crippen molar-refractivity contribution in [1.29, 1.82) is 0 Å². The summed E-state index contributed by atoms with van der Waals surface area (Å²) in [6, 6.07) is 9.60. The van der Waals surface area contributed by atoms with E-state index in [0.717, 1.165) is 25.2 Å². The lowest BCUT2D eigenvalue weighted by molar-refractivity contribution is 0.0185. The molecular weight excluding hydrogens is 204 g/mol. The molecule has 0 aromatic heterocycles. The molecular formula is C13H18O3. The minimum atomic E-state index is -0.525. The van der Waals surface area contributed by atoms with Crippen LogP contribution in [0.3, 0.4) is 0 Å². The quantitative estimate of drug-likeness (QED) is 0.825. The SMILES string of the molecule is OC(COCC1CCOC1)c1ccccc1. The normalized spacial score (nSPS) is 22.2. The molecule has 2 rings (SSSR count). The maximum atomic E-state index is 9.84. The van der Waals surface area contributed by atoms with Crippen LogP contribution in [0.4, 0.5) is 0 Å². The summed E-state index contributed by atoms with van der Waals surface area (Å²) in [5.41, 5.74) is 0.908. The Morgan fingerprint density at radius 3 is 2.88 bits per heavy atom. The molecule has 1 aliphatic heterocycles. The first-order valence-corrected chi connectivity index (χ1v) is 5.75. The van der Waals surface area contributed by atoms with Gasteiger partial charge in [0.1, 0.15) is 6.10 Å². The molecule has 0 spiro atoms. The van der Waals surface area contributed by atoms with E-state index in [9.17, 15) is 5.11 Å². The first-order chi connectivity index (χ1) is 7.86. The monoisotopic (exact) mass is 222 g/mol. The molecule has 3 heteroatoms. The Balaban J connectivity index is 1.69. The molecule has 0 amide bonds. The largest absolute Gasteiger partial charge is 0.386 e. The lowest BCUT2D eigenvalue weighted by Gasteiger charge is -2.13. The highest BCUT2D eigenvalue weighted by Crippen LogP contribution is 2.15. The number of ether oxygens (including phenoxy) is 2. The predicted octanol–water partition coefficient (Wildman–Crippen LogP) is 1.77. The number of hydrogen-bond acceptors (Lipinski definition) is 3. The van der Waals surface area contributed by atoms with Crippen molar-refractivity contribution in [3.05, 3.63) is 35.9 Å². The maximum Gasteiger partial charge on any atom is 0.102 e. The molecule has 88 valence electrons. The fourth-order valence-corrected chi connectivity index (χ4v) is 1.83. The summed E-state index contributed by atoms with van der Waals surface area (Å²) in [5.74, 6) is 0.503. The molecule has 1 fully saturated rings. The number of aliphatic hydroxyl groups is 1. The van der Waals surface area contributed by atoms with Crippen LogP contribution in [0.5, 0.6) is 0 Å². The molecule has 1 heterocycles. The summed E-state index contributed by atoms with van der Waals surface area (Å²) in [6.45, 7) is 2.68. The van der Waals surface area contributed by atoms with Crippen LogP contribution >= 0.6 is 0 Å². The van der Waals surface area contributed by atoms with Crippen LogP contribution in [0.15, 0.2) is 30.3 Å². The standard InChI is InChI=1S/C13H18O3/c14-13(12-4-2-1-3-5-12)10-16-9-11-6-7-15-8-11/h1-5,11,13-14H,6-10H2. The fraction of sp³-hybridized carbons (Fsp3) is 0.538. The van der Waals surface area contributed by atoms with Crippen LogP contribution in [0.2, 0.25) is 0 Å². The van der Waals surface area contributed by atoms with E-state index in [1.54, 1.807) is 0 Å². The topological polar surface area (TPSA) is 38.7 Å². The Hall–Kier alpha value is -0.900. The van der Waals surface area contributed by atoms with Gasteiger partial charge in [0.2, 0.25) is 0 Å². The number of benzene rings is 1. The van der Waals surface area contributed by atoms with Crippen LogP contribution < -0.4 is 0 Å². The van der Waals surface area contributed by atoms with Gasteiger partial charge in [0.15, 0.2) is 0 Å². The van der Waals surface area contributed by atoms with Crippen LogP contribution in [0.25, 0.3) is 0 Å². The summed E-state index contributed by atoms with van der Waals surface area (Å²) >= 11 is 0. The zero-order chi connectivity index (χ0) is 11.2. The summed E-state index contributed by atoms with van der Waals surface area (Å²) in [7, 11) is 0. The van der Waals surface area contributed by atoms with E-state index < -0.39 is 6.10 Å². The second-order valence-corrected chi connectivity index (χ2v) is 4.19. The molecule has 0 bridgehead atoms. The van der Waals surface area contributed by atoms with Gasteiger partial charge in [-0.2, -0.15) is 0 Å². The molecule has 2 atom stereocenters. The van der Waals surface area contributed by atoms with Crippen LogP contribution in [-0.4, -0.2) is 31.5 Å². The van der Waals surface area contributed by atoms with Crippen LogP contribution in [-0.2, 0) is 9.47 Å². The Labute approximate surface area is 96.0 Å². The smallest absolute Gasteiger partial charge is 0.102 e. The second kappa shape index (κ2) is 5.99. The Bertz CT molecular complexity index is 293. The molecule has 1 aliphatic rings. The van der Waals surface area contributed by atoms with Gasteiger partial charge in [0.25, 0.3) is 0 Å². The Kier molecular flexibility index (Phi) is 4.34. The average Bonchev–Trinajstić information content (AvgIpc) is 2.83. The van der Waals surface area contributed by atoms with Gasteiger partial charge in [-0.3, -0.25) is 0 Å². The second-order valence-electron chi connectivity index (χ2n) is 4.19. The third-order valence-corrected chi connectivity index (χ3v) is 2.84. The highest BCUT2D eigenvalue weighted by atomic mass is 16.5. The third-order valence-electron chi connectivity index (χ3n) is 2.84. The van der Waals surface area contributed by atoms with Gasteiger partial charge < -0.3 is 14.6 Å². The first kappa shape index (κ1) is 11.6. The van der Waals surface area contributed by atoms with Crippen molar-refractivity contribution < 1.29 is 14.6 Å². The van der Waals surface area contributed by atoms with Crippen molar-refractivity contribution in [2.24, 2.45) is 5.92 Å². The Morgan fingerprint density at radius 2 is 2.19 bits per heavy atom. The van der Waals surface area contributed by atoms with E-state index in [2.05, 4.69) is 0 Å². The van der Waals surface area contributed by atoms with Gasteiger partial charge in [-0.1, -0.05) is 30.3 Å². The minimum Gasteiger partial charge on any atom is -0.386 e. The Morgan fingerprint density at radius 1 is 1.38 bits per heavy atom. The summed E-state index contributed by atoms with van der Waals surface area (Å²) in [4.78, 5) is 0. The molecule has 0 aliphatic carbocycles. The number of rotatable bonds is 5. The van der Waals surface area contributed by atoms with E-state index in [4.69, 9.17) is 9.47 Å². The van der Waals surface area contributed by atoms with Gasteiger partial charge in [0.05, 0.1) is 19.8 Å². The maximum absolute atomic E-state index is 9.84. The van der Waals surface area contributed by atoms with Crippen LogP contribution in [0, 0.1) is 5.92 Å².